The van der Waals surface area contributed by atoms with E-state index in [4.69, 9.17) is 9.47 Å². The summed E-state index contributed by atoms with van der Waals surface area (Å²) in [6.45, 7) is 4.66. The van der Waals surface area contributed by atoms with Crippen molar-refractivity contribution >= 4 is 5.97 Å². The molecule has 0 radical (unpaired) electrons. The van der Waals surface area contributed by atoms with Crippen LogP contribution in [0.5, 0.6) is 5.75 Å². The van der Waals surface area contributed by atoms with Gasteiger partial charge < -0.3 is 9.47 Å². The third-order valence-electron chi connectivity index (χ3n) is 4.11. The molecule has 0 aliphatic heterocycles. The minimum absolute atomic E-state index is 0.0432. The quantitative estimate of drug-likeness (QED) is 0.406. The molecule has 134 valence electrons. The molecule has 2 aromatic carbocycles. The normalized spacial score (nSPS) is 11.8. The number of ether oxygens (including phenoxy) is 2. The minimum Gasteiger partial charge on any atom is -0.489 e. The Hall–Kier alpha value is -2.29. The SMILES string of the molecule is CCCCCC[C@@H](C)OC(=O)c1ccc(OCc2ccccc2)cc1. The first kappa shape index (κ1) is 19.0. The number of carbonyl (C=O) groups is 1. The highest BCUT2D eigenvalue weighted by Gasteiger charge is 2.12. The van der Waals surface area contributed by atoms with Crippen molar-refractivity contribution in [2.24, 2.45) is 0 Å². The molecule has 0 amide bonds. The van der Waals surface area contributed by atoms with Gasteiger partial charge in [0.25, 0.3) is 0 Å². The average Bonchev–Trinajstić information content (AvgIpc) is 2.65. The summed E-state index contributed by atoms with van der Waals surface area (Å²) in [5.74, 6) is 0.477. The van der Waals surface area contributed by atoms with Crippen LogP contribution in [-0.2, 0) is 11.3 Å². The summed E-state index contributed by atoms with van der Waals surface area (Å²) in [6, 6.07) is 17.1. The predicted octanol–water partition coefficient (Wildman–Crippen LogP) is 5.78. The van der Waals surface area contributed by atoms with Gasteiger partial charge in [0.15, 0.2) is 0 Å². The van der Waals surface area contributed by atoms with Crippen molar-refractivity contribution in [3.63, 3.8) is 0 Å². The van der Waals surface area contributed by atoms with Gasteiger partial charge in [-0.2, -0.15) is 0 Å². The van der Waals surface area contributed by atoms with Crippen LogP contribution in [0.1, 0.15) is 61.9 Å². The second-order valence-corrected chi connectivity index (χ2v) is 6.36. The van der Waals surface area contributed by atoms with E-state index in [0.717, 1.165) is 24.2 Å². The van der Waals surface area contributed by atoms with Gasteiger partial charge in [-0.3, -0.25) is 0 Å². The molecule has 0 saturated carbocycles. The maximum atomic E-state index is 12.2. The fourth-order valence-corrected chi connectivity index (χ4v) is 2.60. The average molecular weight is 340 g/mol. The molecule has 0 aliphatic rings. The lowest BCUT2D eigenvalue weighted by Crippen LogP contribution is -2.15. The molecule has 3 nitrogen and oxygen atoms in total. The van der Waals surface area contributed by atoms with Crippen LogP contribution >= 0.6 is 0 Å². The molecule has 0 saturated heterocycles. The maximum Gasteiger partial charge on any atom is 0.338 e. The van der Waals surface area contributed by atoms with Gasteiger partial charge in [0, 0.05) is 0 Å². The maximum absolute atomic E-state index is 12.2. The zero-order valence-corrected chi connectivity index (χ0v) is 15.2. The van der Waals surface area contributed by atoms with Gasteiger partial charge in [-0.1, -0.05) is 56.5 Å². The first-order chi connectivity index (χ1) is 12.2. The molecule has 25 heavy (non-hydrogen) atoms. The van der Waals surface area contributed by atoms with Crippen LogP contribution in [0.15, 0.2) is 54.6 Å². The van der Waals surface area contributed by atoms with Crippen LogP contribution in [0, 0.1) is 0 Å². The fourth-order valence-electron chi connectivity index (χ4n) is 2.60. The molecule has 1 atom stereocenters. The van der Waals surface area contributed by atoms with Gasteiger partial charge >= 0.3 is 5.97 Å². The number of carbonyl (C=O) groups excluding carboxylic acids is 1. The van der Waals surface area contributed by atoms with Crippen molar-refractivity contribution in [1.82, 2.24) is 0 Å². The Kier molecular flexibility index (Phi) is 8.03. The first-order valence-electron chi connectivity index (χ1n) is 9.17. The Labute approximate surface area is 151 Å². The van der Waals surface area contributed by atoms with Crippen molar-refractivity contribution in [3.05, 3.63) is 65.7 Å². The summed E-state index contributed by atoms with van der Waals surface area (Å²) in [5.41, 5.74) is 1.68. The summed E-state index contributed by atoms with van der Waals surface area (Å²) in [6.07, 6.45) is 5.64. The van der Waals surface area contributed by atoms with Gasteiger partial charge in [-0.05, 0) is 49.6 Å². The molecule has 0 N–H and O–H groups in total. The summed E-state index contributed by atoms with van der Waals surface area (Å²) >= 11 is 0. The van der Waals surface area contributed by atoms with E-state index in [1.807, 2.05) is 49.4 Å². The van der Waals surface area contributed by atoms with E-state index < -0.39 is 0 Å². The summed E-state index contributed by atoms with van der Waals surface area (Å²) < 4.78 is 11.2. The molecular formula is C22H28O3. The van der Waals surface area contributed by atoms with E-state index >= 15 is 0 Å². The van der Waals surface area contributed by atoms with E-state index in [-0.39, 0.29) is 12.1 Å². The van der Waals surface area contributed by atoms with E-state index in [1.165, 1.54) is 19.3 Å². The molecular weight excluding hydrogens is 312 g/mol. The fraction of sp³-hybridized carbons (Fsp3) is 0.409. The van der Waals surface area contributed by atoms with Gasteiger partial charge in [0.2, 0.25) is 0 Å². The second kappa shape index (κ2) is 10.5. The molecule has 0 spiro atoms. The Balaban J connectivity index is 1.77. The lowest BCUT2D eigenvalue weighted by molar-refractivity contribution is 0.0319. The lowest BCUT2D eigenvalue weighted by atomic mass is 10.1. The van der Waals surface area contributed by atoms with E-state index in [9.17, 15) is 4.79 Å². The van der Waals surface area contributed by atoms with Crippen LogP contribution in [0.4, 0.5) is 0 Å². The molecule has 0 heterocycles. The third kappa shape index (κ3) is 7.00. The molecule has 2 rings (SSSR count). The van der Waals surface area contributed by atoms with Crippen molar-refractivity contribution in [2.45, 2.75) is 58.7 Å². The van der Waals surface area contributed by atoms with E-state index in [0.29, 0.717) is 12.2 Å². The smallest absolute Gasteiger partial charge is 0.338 e. The summed E-state index contributed by atoms with van der Waals surface area (Å²) in [4.78, 5) is 12.2. The molecule has 2 aromatic rings. The molecule has 0 unspecified atom stereocenters. The molecule has 0 fully saturated rings. The number of esters is 1. The summed E-state index contributed by atoms with van der Waals surface area (Å²) in [7, 11) is 0. The van der Waals surface area contributed by atoms with Crippen LogP contribution in [0.25, 0.3) is 0 Å². The van der Waals surface area contributed by atoms with Crippen molar-refractivity contribution in [3.8, 4) is 5.75 Å². The number of hydrogen-bond acceptors (Lipinski definition) is 3. The van der Waals surface area contributed by atoms with Gasteiger partial charge in [-0.25, -0.2) is 4.79 Å². The summed E-state index contributed by atoms with van der Waals surface area (Å²) in [5, 5.41) is 0. The monoisotopic (exact) mass is 340 g/mol. The number of hydrogen-bond donors (Lipinski definition) is 0. The second-order valence-electron chi connectivity index (χ2n) is 6.36. The largest absolute Gasteiger partial charge is 0.489 e. The molecule has 3 heteroatoms. The Bertz CT molecular complexity index is 619. The van der Waals surface area contributed by atoms with Crippen LogP contribution in [0.3, 0.4) is 0 Å². The number of unbranched alkanes of at least 4 members (excludes halogenated alkanes) is 3. The van der Waals surface area contributed by atoms with Gasteiger partial charge in [0.05, 0.1) is 11.7 Å². The highest BCUT2D eigenvalue weighted by molar-refractivity contribution is 5.89. The highest BCUT2D eigenvalue weighted by atomic mass is 16.5. The Morgan fingerprint density at radius 2 is 1.68 bits per heavy atom. The van der Waals surface area contributed by atoms with Crippen LogP contribution < -0.4 is 4.74 Å². The van der Waals surface area contributed by atoms with Crippen LogP contribution in [0.2, 0.25) is 0 Å². The van der Waals surface area contributed by atoms with Crippen molar-refractivity contribution < 1.29 is 14.3 Å². The Morgan fingerprint density at radius 3 is 2.36 bits per heavy atom. The third-order valence-corrected chi connectivity index (χ3v) is 4.11. The highest BCUT2D eigenvalue weighted by Crippen LogP contribution is 2.16. The predicted molar refractivity (Wildman–Crippen MR) is 101 cm³/mol. The van der Waals surface area contributed by atoms with E-state index in [1.54, 1.807) is 12.1 Å². The molecule has 0 bridgehead atoms. The standard InChI is InChI=1S/C22H28O3/c1-3-4-5-7-10-18(2)25-22(23)20-13-15-21(16-14-20)24-17-19-11-8-6-9-12-19/h6,8-9,11-16,18H,3-5,7,10,17H2,1-2H3/t18-/m1/s1. The lowest BCUT2D eigenvalue weighted by Gasteiger charge is -2.13. The van der Waals surface area contributed by atoms with Crippen molar-refractivity contribution in [1.29, 1.82) is 0 Å². The van der Waals surface area contributed by atoms with Gasteiger partial charge in [-0.15, -0.1) is 0 Å². The van der Waals surface area contributed by atoms with Crippen LogP contribution in [-0.4, -0.2) is 12.1 Å². The Morgan fingerprint density at radius 1 is 0.960 bits per heavy atom. The topological polar surface area (TPSA) is 35.5 Å². The number of benzene rings is 2. The zero-order valence-electron chi connectivity index (χ0n) is 15.2. The molecule has 0 aliphatic carbocycles. The molecule has 0 aromatic heterocycles. The van der Waals surface area contributed by atoms with Gasteiger partial charge in [0.1, 0.15) is 12.4 Å². The first-order valence-corrected chi connectivity index (χ1v) is 9.17. The van der Waals surface area contributed by atoms with E-state index in [2.05, 4.69) is 6.92 Å². The zero-order chi connectivity index (χ0) is 17.9. The number of rotatable bonds is 10. The minimum atomic E-state index is -0.266. The van der Waals surface area contributed by atoms with Crippen molar-refractivity contribution in [2.75, 3.05) is 0 Å².